The van der Waals surface area contributed by atoms with Gasteiger partial charge in [0.15, 0.2) is 0 Å². The van der Waals surface area contributed by atoms with Gasteiger partial charge in [0.05, 0.1) is 10.0 Å². The number of hydrogen-bond acceptors (Lipinski definition) is 4. The van der Waals surface area contributed by atoms with E-state index < -0.39 is 11.7 Å². The Morgan fingerprint density at radius 1 is 1.42 bits per heavy atom. The molecule has 1 atom stereocenters. The van der Waals surface area contributed by atoms with Crippen LogP contribution in [0.3, 0.4) is 0 Å². The van der Waals surface area contributed by atoms with Crippen LogP contribution in [0.1, 0.15) is 28.9 Å². The molecule has 140 valence electrons. The van der Waals surface area contributed by atoms with Crippen LogP contribution in [0, 0.1) is 0 Å². The van der Waals surface area contributed by atoms with Gasteiger partial charge in [0.25, 0.3) is 5.91 Å². The lowest BCUT2D eigenvalue weighted by Crippen LogP contribution is -2.48. The Bertz CT molecular complexity index is 807. The van der Waals surface area contributed by atoms with E-state index in [2.05, 4.69) is 31.3 Å². The van der Waals surface area contributed by atoms with E-state index in [0.717, 1.165) is 25.1 Å². The van der Waals surface area contributed by atoms with Gasteiger partial charge in [0.1, 0.15) is 11.5 Å². The van der Waals surface area contributed by atoms with E-state index in [0.29, 0.717) is 24.6 Å². The van der Waals surface area contributed by atoms with E-state index in [4.69, 9.17) is 0 Å². The minimum Gasteiger partial charge on any atom is -0.354 e. The molecule has 0 aliphatic carbocycles. The first-order valence-electron chi connectivity index (χ1n) is 8.02. The number of nitrogens with zero attached hydrogens (tertiary/aromatic N) is 4. The normalized spacial score (nSPS) is 18.0. The van der Waals surface area contributed by atoms with Crippen molar-refractivity contribution in [2.75, 3.05) is 18.0 Å². The fourth-order valence-corrected chi connectivity index (χ4v) is 3.50. The molecule has 1 aliphatic rings. The number of piperidine rings is 1. The highest BCUT2D eigenvalue weighted by molar-refractivity contribution is 9.10. The van der Waals surface area contributed by atoms with E-state index in [1.54, 1.807) is 24.0 Å². The molecule has 3 heterocycles. The molecule has 26 heavy (non-hydrogen) atoms. The zero-order valence-corrected chi connectivity index (χ0v) is 15.5. The maximum atomic E-state index is 12.8. The van der Waals surface area contributed by atoms with Crippen LogP contribution in [0.15, 0.2) is 29.0 Å². The third kappa shape index (κ3) is 4.17. The first kappa shape index (κ1) is 18.7. The maximum Gasteiger partial charge on any atom is 0.417 e. The number of hydrogen-bond donors (Lipinski definition) is 1. The van der Waals surface area contributed by atoms with Gasteiger partial charge in [0.2, 0.25) is 0 Å². The first-order valence-corrected chi connectivity index (χ1v) is 8.81. The molecule has 10 heteroatoms. The summed E-state index contributed by atoms with van der Waals surface area (Å²) < 4.78 is 40.2. The molecule has 6 nitrogen and oxygen atoms in total. The number of anilines is 1. The number of amides is 1. The number of aryl methyl sites for hydroxylation is 1. The highest BCUT2D eigenvalue weighted by Gasteiger charge is 2.32. The van der Waals surface area contributed by atoms with Crippen molar-refractivity contribution in [3.8, 4) is 0 Å². The predicted molar refractivity (Wildman–Crippen MR) is 92.8 cm³/mol. The molecule has 0 spiro atoms. The Morgan fingerprint density at radius 3 is 2.81 bits per heavy atom. The van der Waals surface area contributed by atoms with Gasteiger partial charge in [-0.25, -0.2) is 4.98 Å². The van der Waals surface area contributed by atoms with Crippen molar-refractivity contribution < 1.29 is 18.0 Å². The molecule has 0 bridgehead atoms. The van der Waals surface area contributed by atoms with E-state index in [1.807, 2.05) is 4.90 Å². The van der Waals surface area contributed by atoms with Crippen LogP contribution in [0.5, 0.6) is 0 Å². The lowest BCUT2D eigenvalue weighted by Gasteiger charge is -2.34. The molecule has 2 aromatic rings. The van der Waals surface area contributed by atoms with Gasteiger partial charge in [-0.05, 0) is 40.9 Å². The smallest absolute Gasteiger partial charge is 0.354 e. The largest absolute Gasteiger partial charge is 0.417 e. The standard InChI is InChI=1S/C16H17BrF3N5O/c1-24-6-4-13(23-24)15(26)22-11-3-2-5-25(9-11)14-12(17)7-10(8-21-14)16(18,19)20/h4,6-8,11H,2-3,5,9H2,1H3,(H,22,26). The molecular formula is C16H17BrF3N5O. The second-order valence-corrected chi connectivity index (χ2v) is 7.01. The summed E-state index contributed by atoms with van der Waals surface area (Å²) in [6, 6.07) is 2.52. The topological polar surface area (TPSA) is 63.1 Å². The van der Waals surface area contributed by atoms with E-state index in [-0.39, 0.29) is 16.4 Å². The van der Waals surface area contributed by atoms with Gasteiger partial charge in [0, 0.05) is 38.6 Å². The number of carbonyl (C=O) groups is 1. The van der Waals surface area contributed by atoms with Gasteiger partial charge in [-0.2, -0.15) is 18.3 Å². The molecule has 0 radical (unpaired) electrons. The third-order valence-electron chi connectivity index (χ3n) is 4.15. The van der Waals surface area contributed by atoms with Crippen molar-refractivity contribution in [3.63, 3.8) is 0 Å². The average Bonchev–Trinajstić information content (AvgIpc) is 3.01. The summed E-state index contributed by atoms with van der Waals surface area (Å²) in [6.45, 7) is 1.13. The molecule has 1 unspecified atom stereocenters. The van der Waals surface area contributed by atoms with Crippen LogP contribution in [0.4, 0.5) is 19.0 Å². The molecule has 1 saturated heterocycles. The minimum absolute atomic E-state index is 0.130. The molecular weight excluding hydrogens is 415 g/mol. The Balaban J connectivity index is 1.69. The van der Waals surface area contributed by atoms with Gasteiger partial charge in [-0.15, -0.1) is 0 Å². The minimum atomic E-state index is -4.44. The zero-order valence-electron chi connectivity index (χ0n) is 13.9. The summed E-state index contributed by atoms with van der Waals surface area (Å²) in [4.78, 5) is 18.1. The Hall–Kier alpha value is -2.10. The number of aromatic nitrogens is 3. The van der Waals surface area contributed by atoms with Crippen molar-refractivity contribution in [3.05, 3.63) is 40.3 Å². The molecule has 1 amide bonds. The number of nitrogens with one attached hydrogen (secondary N) is 1. The number of rotatable bonds is 3. The van der Waals surface area contributed by atoms with Crippen LogP contribution >= 0.6 is 15.9 Å². The van der Waals surface area contributed by atoms with Crippen molar-refractivity contribution >= 4 is 27.7 Å². The molecule has 0 aromatic carbocycles. The van der Waals surface area contributed by atoms with Crippen molar-refractivity contribution in [2.45, 2.75) is 25.1 Å². The monoisotopic (exact) mass is 431 g/mol. The van der Waals surface area contributed by atoms with Crippen molar-refractivity contribution in [2.24, 2.45) is 7.05 Å². The van der Waals surface area contributed by atoms with Crippen LogP contribution in [-0.2, 0) is 13.2 Å². The summed E-state index contributed by atoms with van der Waals surface area (Å²) in [5.41, 5.74) is -0.469. The van der Waals surface area contributed by atoms with E-state index in [1.165, 1.54) is 0 Å². The number of alkyl halides is 3. The van der Waals surface area contributed by atoms with Gasteiger partial charge in [-0.1, -0.05) is 0 Å². The molecule has 1 N–H and O–H groups in total. The Labute approximate surface area is 156 Å². The van der Waals surface area contributed by atoms with Crippen LogP contribution in [0.25, 0.3) is 0 Å². The molecule has 3 rings (SSSR count). The summed E-state index contributed by atoms with van der Waals surface area (Å²) in [7, 11) is 1.73. The SMILES string of the molecule is Cn1ccc(C(=O)NC2CCCN(c3ncc(C(F)(F)F)cc3Br)C2)n1. The summed E-state index contributed by atoms with van der Waals surface area (Å²) in [6.07, 6.45) is -0.341. The third-order valence-corrected chi connectivity index (χ3v) is 4.74. The second kappa shape index (κ2) is 7.26. The average molecular weight is 432 g/mol. The van der Waals surface area contributed by atoms with Gasteiger partial charge < -0.3 is 10.2 Å². The van der Waals surface area contributed by atoms with Gasteiger partial charge in [-0.3, -0.25) is 9.48 Å². The second-order valence-electron chi connectivity index (χ2n) is 6.16. The quantitative estimate of drug-likeness (QED) is 0.811. The van der Waals surface area contributed by atoms with E-state index >= 15 is 0 Å². The number of pyridine rings is 1. The summed E-state index contributed by atoms with van der Waals surface area (Å²) in [5, 5.41) is 6.99. The lowest BCUT2D eigenvalue weighted by atomic mass is 10.1. The fourth-order valence-electron chi connectivity index (χ4n) is 2.90. The van der Waals surface area contributed by atoms with Crippen molar-refractivity contribution in [1.82, 2.24) is 20.1 Å². The Morgan fingerprint density at radius 2 is 2.19 bits per heavy atom. The van der Waals surface area contributed by atoms with E-state index in [9.17, 15) is 18.0 Å². The number of halogens is 4. The highest BCUT2D eigenvalue weighted by Crippen LogP contribution is 2.34. The molecule has 2 aromatic heterocycles. The fraction of sp³-hybridized carbons (Fsp3) is 0.438. The van der Waals surface area contributed by atoms with Crippen LogP contribution in [0.2, 0.25) is 0 Å². The Kier molecular flexibility index (Phi) is 5.22. The molecule has 0 saturated carbocycles. The highest BCUT2D eigenvalue weighted by atomic mass is 79.9. The van der Waals surface area contributed by atoms with Crippen LogP contribution < -0.4 is 10.2 Å². The number of carbonyl (C=O) groups excluding carboxylic acids is 1. The summed E-state index contributed by atoms with van der Waals surface area (Å²) in [5.74, 6) is 0.173. The lowest BCUT2D eigenvalue weighted by molar-refractivity contribution is -0.137. The predicted octanol–water partition coefficient (Wildman–Crippen LogP) is 3.00. The van der Waals surface area contributed by atoms with Gasteiger partial charge >= 0.3 is 6.18 Å². The first-order chi connectivity index (χ1) is 12.2. The maximum absolute atomic E-state index is 12.8. The van der Waals surface area contributed by atoms with Crippen LogP contribution in [-0.4, -0.2) is 39.8 Å². The molecule has 1 aliphatic heterocycles. The zero-order chi connectivity index (χ0) is 18.9. The molecule has 1 fully saturated rings. The van der Waals surface area contributed by atoms with Crippen molar-refractivity contribution in [1.29, 1.82) is 0 Å². The summed E-state index contributed by atoms with van der Waals surface area (Å²) >= 11 is 3.18.